The summed E-state index contributed by atoms with van der Waals surface area (Å²) in [6.07, 6.45) is 5.46. The maximum absolute atomic E-state index is 12.3. The third-order valence-electron chi connectivity index (χ3n) is 6.58. The van der Waals surface area contributed by atoms with E-state index < -0.39 is 0 Å². The van der Waals surface area contributed by atoms with E-state index in [0.717, 1.165) is 51.1 Å². The molecule has 0 aliphatic carbocycles. The predicted molar refractivity (Wildman–Crippen MR) is 148 cm³/mol. The molecule has 0 unspecified atom stereocenters. The monoisotopic (exact) mass is 502 g/mol. The van der Waals surface area contributed by atoms with Gasteiger partial charge in [0.05, 0.1) is 6.42 Å². The highest BCUT2D eigenvalue weighted by atomic mass is 35.5. The number of allylic oxidation sites excluding steroid dienone is 1. The van der Waals surface area contributed by atoms with E-state index in [4.69, 9.17) is 16.3 Å². The molecule has 0 aromatic heterocycles. The van der Waals surface area contributed by atoms with Crippen LogP contribution in [0.2, 0.25) is 5.02 Å². The van der Waals surface area contributed by atoms with Crippen molar-refractivity contribution in [3.05, 3.63) is 107 Å². The van der Waals surface area contributed by atoms with Crippen LogP contribution >= 0.6 is 11.6 Å². The first kappa shape index (κ1) is 26.2. The van der Waals surface area contributed by atoms with Crippen molar-refractivity contribution >= 4 is 17.6 Å². The molecule has 1 heterocycles. The van der Waals surface area contributed by atoms with Crippen LogP contribution in [-0.2, 0) is 22.5 Å². The van der Waals surface area contributed by atoms with Crippen LogP contribution in [0.25, 0.3) is 11.1 Å². The van der Waals surface area contributed by atoms with Crippen LogP contribution in [0, 0.1) is 0 Å². The van der Waals surface area contributed by atoms with E-state index in [0.29, 0.717) is 5.02 Å². The molecule has 1 aliphatic heterocycles. The Morgan fingerprint density at radius 2 is 1.72 bits per heavy atom. The number of carbonyl (C=O) groups excluding carboxylic acids is 1. The van der Waals surface area contributed by atoms with Crippen molar-refractivity contribution in [1.29, 1.82) is 0 Å². The molecule has 5 heteroatoms. The Bertz CT molecular complexity index is 1140. The first-order valence-electron chi connectivity index (χ1n) is 12.8. The zero-order valence-electron chi connectivity index (χ0n) is 21.0. The lowest BCUT2D eigenvalue weighted by atomic mass is 9.97. The van der Waals surface area contributed by atoms with Gasteiger partial charge in [-0.05, 0) is 52.8 Å². The lowest BCUT2D eigenvalue weighted by molar-refractivity contribution is -0.148. The maximum Gasteiger partial charge on any atom is 0.310 e. The summed E-state index contributed by atoms with van der Waals surface area (Å²) in [6.45, 7) is 7.29. The number of esters is 1. The smallest absolute Gasteiger partial charge is 0.310 e. The van der Waals surface area contributed by atoms with E-state index >= 15 is 0 Å². The zero-order valence-corrected chi connectivity index (χ0v) is 21.7. The molecule has 1 atom stereocenters. The van der Waals surface area contributed by atoms with E-state index in [1.54, 1.807) is 0 Å². The van der Waals surface area contributed by atoms with E-state index in [1.165, 1.54) is 22.3 Å². The quantitative estimate of drug-likeness (QED) is 0.250. The highest BCUT2D eigenvalue weighted by Crippen LogP contribution is 2.26. The minimum Gasteiger partial charge on any atom is -0.457 e. The second-order valence-electron chi connectivity index (χ2n) is 9.20. The summed E-state index contributed by atoms with van der Waals surface area (Å²) in [6, 6.07) is 24.9. The molecule has 36 heavy (non-hydrogen) atoms. The number of hydrogen-bond acceptors (Lipinski definition) is 4. The number of halogens is 1. The molecule has 0 amide bonds. The summed E-state index contributed by atoms with van der Waals surface area (Å²) >= 11 is 5.96. The van der Waals surface area contributed by atoms with Crippen molar-refractivity contribution < 1.29 is 9.53 Å². The molecule has 1 fully saturated rings. The number of nitrogens with one attached hydrogen (secondary N) is 1. The van der Waals surface area contributed by atoms with Crippen molar-refractivity contribution in [3.63, 3.8) is 0 Å². The molecule has 4 nitrogen and oxygen atoms in total. The standard InChI is InChI=1S/C31H35ClN2O2/c1-2-30(26-15-17-28(32)18-16-26)36-31(35)10-6-3-7-24-11-13-25(14-12-24)29-9-5-4-8-27(29)23-34-21-19-33-20-22-34/h3-6,8-9,11-18,30,33H,2,7,10,19-23H2,1H3/b6-3+/t30-/m0/s1. The first-order valence-corrected chi connectivity index (χ1v) is 13.2. The van der Waals surface area contributed by atoms with E-state index in [1.807, 2.05) is 43.3 Å². The Balaban J connectivity index is 1.29. The Hall–Kier alpha value is -2.92. The van der Waals surface area contributed by atoms with E-state index in [-0.39, 0.29) is 18.5 Å². The average molecular weight is 503 g/mol. The molecule has 4 rings (SSSR count). The van der Waals surface area contributed by atoms with Crippen molar-refractivity contribution in [1.82, 2.24) is 10.2 Å². The molecule has 3 aromatic carbocycles. The second-order valence-corrected chi connectivity index (χ2v) is 9.63. The largest absolute Gasteiger partial charge is 0.457 e. The molecule has 1 N–H and O–H groups in total. The molecule has 0 spiro atoms. The van der Waals surface area contributed by atoms with Crippen LogP contribution in [-0.4, -0.2) is 37.0 Å². The Kier molecular flexibility index (Phi) is 9.74. The van der Waals surface area contributed by atoms with Crippen molar-refractivity contribution in [2.75, 3.05) is 26.2 Å². The number of carbonyl (C=O) groups is 1. The molecule has 188 valence electrons. The van der Waals surface area contributed by atoms with Gasteiger partial charge in [0, 0.05) is 37.7 Å². The van der Waals surface area contributed by atoms with Gasteiger partial charge in [0.1, 0.15) is 6.10 Å². The molecule has 0 bridgehead atoms. The Morgan fingerprint density at radius 3 is 2.44 bits per heavy atom. The van der Waals surface area contributed by atoms with Crippen LogP contribution in [0.5, 0.6) is 0 Å². The SMILES string of the molecule is CC[C@H](OC(=O)C/C=C/Cc1ccc(-c2ccccc2CN2CCNCC2)cc1)c1ccc(Cl)cc1. The molecule has 1 saturated heterocycles. The Labute approximate surface area is 219 Å². The van der Waals surface area contributed by atoms with Crippen LogP contribution in [0.3, 0.4) is 0 Å². The van der Waals surface area contributed by atoms with E-state index in [2.05, 4.69) is 58.7 Å². The number of nitrogens with zero attached hydrogens (tertiary/aromatic N) is 1. The molecule has 0 saturated carbocycles. The summed E-state index contributed by atoms with van der Waals surface area (Å²) in [7, 11) is 0. The van der Waals surface area contributed by atoms with Crippen LogP contribution in [0.4, 0.5) is 0 Å². The molecule has 3 aromatic rings. The van der Waals surface area contributed by atoms with Crippen LogP contribution in [0.1, 0.15) is 42.6 Å². The van der Waals surface area contributed by atoms with Gasteiger partial charge in [0.25, 0.3) is 0 Å². The van der Waals surface area contributed by atoms with Gasteiger partial charge < -0.3 is 10.1 Å². The fourth-order valence-corrected chi connectivity index (χ4v) is 4.67. The molecule has 1 aliphatic rings. The maximum atomic E-state index is 12.3. The fraction of sp³-hybridized carbons (Fsp3) is 0.323. The van der Waals surface area contributed by atoms with Gasteiger partial charge in [-0.1, -0.05) is 91.3 Å². The lowest BCUT2D eigenvalue weighted by Crippen LogP contribution is -2.42. The first-order chi connectivity index (χ1) is 17.6. The number of hydrogen-bond donors (Lipinski definition) is 1. The van der Waals surface area contributed by atoms with Gasteiger partial charge >= 0.3 is 5.97 Å². The number of ether oxygens (including phenoxy) is 1. The zero-order chi connectivity index (χ0) is 25.2. The Morgan fingerprint density at radius 1 is 1.00 bits per heavy atom. The van der Waals surface area contributed by atoms with Gasteiger partial charge in [0.15, 0.2) is 0 Å². The minimum atomic E-state index is -0.245. The number of rotatable bonds is 10. The van der Waals surface area contributed by atoms with Gasteiger partial charge in [-0.25, -0.2) is 0 Å². The van der Waals surface area contributed by atoms with Crippen LogP contribution < -0.4 is 5.32 Å². The van der Waals surface area contributed by atoms with Crippen molar-refractivity contribution in [3.8, 4) is 11.1 Å². The van der Waals surface area contributed by atoms with Crippen molar-refractivity contribution in [2.24, 2.45) is 0 Å². The van der Waals surface area contributed by atoms with Gasteiger partial charge in [-0.3, -0.25) is 9.69 Å². The topological polar surface area (TPSA) is 41.6 Å². The highest BCUT2D eigenvalue weighted by molar-refractivity contribution is 6.30. The second kappa shape index (κ2) is 13.4. The third-order valence-corrected chi connectivity index (χ3v) is 6.83. The van der Waals surface area contributed by atoms with Gasteiger partial charge in [-0.2, -0.15) is 0 Å². The highest BCUT2D eigenvalue weighted by Gasteiger charge is 2.14. The van der Waals surface area contributed by atoms with Gasteiger partial charge in [-0.15, -0.1) is 0 Å². The van der Waals surface area contributed by atoms with Crippen LogP contribution in [0.15, 0.2) is 84.9 Å². The number of benzene rings is 3. The summed E-state index contributed by atoms with van der Waals surface area (Å²) in [5.41, 5.74) is 6.09. The predicted octanol–water partition coefficient (Wildman–Crippen LogP) is 6.60. The fourth-order valence-electron chi connectivity index (χ4n) is 4.54. The summed E-state index contributed by atoms with van der Waals surface area (Å²) in [4.78, 5) is 14.8. The normalized spacial score (nSPS) is 15.2. The summed E-state index contributed by atoms with van der Waals surface area (Å²) in [5, 5.41) is 4.10. The minimum absolute atomic E-state index is 0.218. The third kappa shape index (κ3) is 7.54. The summed E-state index contributed by atoms with van der Waals surface area (Å²) in [5.74, 6) is -0.218. The lowest BCUT2D eigenvalue weighted by Gasteiger charge is -2.28. The van der Waals surface area contributed by atoms with Crippen molar-refractivity contribution in [2.45, 2.75) is 38.8 Å². The average Bonchev–Trinajstić information content (AvgIpc) is 2.92. The molecule has 0 radical (unpaired) electrons. The molecular formula is C31H35ClN2O2. The van der Waals surface area contributed by atoms with E-state index in [9.17, 15) is 4.79 Å². The van der Waals surface area contributed by atoms with Gasteiger partial charge in [0.2, 0.25) is 0 Å². The number of piperazine rings is 1. The molecular weight excluding hydrogens is 468 g/mol. The summed E-state index contributed by atoms with van der Waals surface area (Å²) < 4.78 is 5.67.